The molecule has 7 heteroatoms. The standard InChI is InChI=1S/C36H42N2O4S/c1-5-27(17-10-14-26(4)13-9-12-25(2)3)20-21-37-31-22-29(39)23-33(41)34(31)38(24-28-15-7-6-8-16-28)43-35-30(36(37)42)18-11-19-32(35)40/h6-8,11-12,14-16,18-20,22-23,39-41H,5,9-10,13,17,21,24H2,1-4H3/b26-14+,27-20+. The van der Waals surface area contributed by atoms with E-state index in [1.54, 1.807) is 22.8 Å². The molecule has 3 N–H and O–H groups in total. The van der Waals surface area contributed by atoms with Gasteiger partial charge in [-0.05, 0) is 70.6 Å². The van der Waals surface area contributed by atoms with Crippen molar-refractivity contribution < 1.29 is 15.3 Å². The molecular formula is C36H42N2O4S. The van der Waals surface area contributed by atoms with Crippen molar-refractivity contribution in [2.75, 3.05) is 0 Å². The fraction of sp³-hybridized carbons (Fsp3) is 0.306. The molecule has 0 aliphatic rings. The maximum absolute atomic E-state index is 14.1. The fourth-order valence-corrected chi connectivity index (χ4v) is 6.26. The van der Waals surface area contributed by atoms with Gasteiger partial charge in [0.25, 0.3) is 5.56 Å². The number of phenolic OH excluding ortho intramolecular Hbond substituents is 3. The Balaban J connectivity index is 1.85. The Morgan fingerprint density at radius 3 is 2.33 bits per heavy atom. The van der Waals surface area contributed by atoms with Gasteiger partial charge in [0.1, 0.15) is 22.8 Å². The summed E-state index contributed by atoms with van der Waals surface area (Å²) in [5.41, 5.74) is 5.41. The second kappa shape index (κ2) is 14.8. The van der Waals surface area contributed by atoms with Crippen molar-refractivity contribution in [1.29, 1.82) is 0 Å². The minimum atomic E-state index is -0.314. The SMILES string of the molecule is CC/C(=C\Cn1c(=O)c2cccc(O)c2sn(Cc2ccccc2)c2c(O)cc(O)cc21)CC/C=C(\C)CCC=C(C)C. The number of rotatable bonds is 11. The predicted octanol–water partition coefficient (Wildman–Crippen LogP) is 9.12. The van der Waals surface area contributed by atoms with Crippen LogP contribution in [0.5, 0.6) is 17.2 Å². The lowest BCUT2D eigenvalue weighted by atomic mass is 10.0. The Hall–Kier alpha value is -4.23. The number of hydrogen-bond donors (Lipinski definition) is 3. The quantitative estimate of drug-likeness (QED) is 0.150. The molecule has 0 saturated carbocycles. The third kappa shape index (κ3) is 8.20. The van der Waals surface area contributed by atoms with Crippen LogP contribution in [0.1, 0.15) is 65.4 Å². The van der Waals surface area contributed by atoms with Gasteiger partial charge < -0.3 is 19.9 Å². The van der Waals surface area contributed by atoms with Crippen molar-refractivity contribution in [2.24, 2.45) is 0 Å². The van der Waals surface area contributed by atoms with Gasteiger partial charge in [-0.2, -0.15) is 0 Å². The molecule has 0 atom stereocenters. The number of fused-ring (bicyclic) bond motifs is 2. The van der Waals surface area contributed by atoms with Gasteiger partial charge in [-0.1, -0.05) is 89.8 Å². The smallest absolute Gasteiger partial charge is 0.260 e. The zero-order chi connectivity index (χ0) is 30.9. The van der Waals surface area contributed by atoms with Gasteiger partial charge in [-0.25, -0.2) is 0 Å². The van der Waals surface area contributed by atoms with E-state index in [-0.39, 0.29) is 29.4 Å². The molecule has 0 spiro atoms. The van der Waals surface area contributed by atoms with Gasteiger partial charge in [-0.15, -0.1) is 0 Å². The third-order valence-corrected chi connectivity index (χ3v) is 8.64. The van der Waals surface area contributed by atoms with Crippen LogP contribution in [0.2, 0.25) is 0 Å². The average molecular weight is 599 g/mol. The summed E-state index contributed by atoms with van der Waals surface area (Å²) in [4.78, 5) is 14.1. The van der Waals surface area contributed by atoms with Crippen molar-refractivity contribution in [1.82, 2.24) is 8.52 Å². The average Bonchev–Trinajstić information content (AvgIpc) is 2.96. The van der Waals surface area contributed by atoms with Crippen molar-refractivity contribution in [2.45, 2.75) is 72.9 Å². The summed E-state index contributed by atoms with van der Waals surface area (Å²) in [6.45, 7) is 9.17. The highest BCUT2D eigenvalue weighted by Gasteiger charge is 2.15. The van der Waals surface area contributed by atoms with E-state index in [2.05, 4.69) is 45.9 Å². The Labute approximate surface area is 257 Å². The summed E-state index contributed by atoms with van der Waals surface area (Å²) in [7, 11) is 0. The Kier molecular flexibility index (Phi) is 10.9. The topological polar surface area (TPSA) is 87.6 Å². The van der Waals surface area contributed by atoms with Crippen LogP contribution in [0.4, 0.5) is 0 Å². The number of phenols is 3. The zero-order valence-corrected chi connectivity index (χ0v) is 26.3. The van der Waals surface area contributed by atoms with E-state index in [4.69, 9.17) is 0 Å². The molecule has 4 rings (SSSR count). The van der Waals surface area contributed by atoms with Crippen LogP contribution in [0.15, 0.2) is 100 Å². The van der Waals surface area contributed by atoms with Crippen molar-refractivity contribution in [3.8, 4) is 17.2 Å². The predicted molar refractivity (Wildman–Crippen MR) is 180 cm³/mol. The number of aromatic nitrogens is 2. The monoisotopic (exact) mass is 598 g/mol. The maximum Gasteiger partial charge on any atom is 0.260 e. The van der Waals surface area contributed by atoms with E-state index < -0.39 is 0 Å². The molecule has 3 aromatic carbocycles. The summed E-state index contributed by atoms with van der Waals surface area (Å²) in [6, 6.07) is 17.5. The highest BCUT2D eigenvalue weighted by molar-refractivity contribution is 7.14. The minimum Gasteiger partial charge on any atom is -0.508 e. The first-order valence-corrected chi connectivity index (χ1v) is 15.6. The van der Waals surface area contributed by atoms with Gasteiger partial charge in [0.05, 0.1) is 22.1 Å². The molecule has 43 heavy (non-hydrogen) atoms. The normalized spacial score (nSPS) is 12.1. The van der Waals surface area contributed by atoms with Crippen LogP contribution >= 0.6 is 11.5 Å². The van der Waals surface area contributed by atoms with Gasteiger partial charge >= 0.3 is 0 Å². The lowest BCUT2D eigenvalue weighted by Crippen LogP contribution is -2.20. The highest BCUT2D eigenvalue weighted by atomic mass is 32.1. The third-order valence-electron chi connectivity index (χ3n) is 7.50. The summed E-state index contributed by atoms with van der Waals surface area (Å²) in [5.74, 6) is -0.292. The summed E-state index contributed by atoms with van der Waals surface area (Å²) < 4.78 is 3.87. The number of nitrogens with zero attached hydrogens (tertiary/aromatic N) is 2. The van der Waals surface area contributed by atoms with Gasteiger partial charge in [0.2, 0.25) is 0 Å². The first-order valence-electron chi connectivity index (χ1n) is 14.8. The van der Waals surface area contributed by atoms with Crippen LogP contribution in [0, 0.1) is 0 Å². The molecule has 226 valence electrons. The molecule has 1 heterocycles. The van der Waals surface area contributed by atoms with Gasteiger partial charge in [-0.3, -0.25) is 8.75 Å². The van der Waals surface area contributed by atoms with E-state index in [1.165, 1.54) is 40.4 Å². The summed E-state index contributed by atoms with van der Waals surface area (Å²) in [5, 5.41) is 32.9. The van der Waals surface area contributed by atoms with Crippen molar-refractivity contribution >= 4 is 32.7 Å². The van der Waals surface area contributed by atoms with E-state index >= 15 is 0 Å². The van der Waals surface area contributed by atoms with Crippen LogP contribution in [-0.4, -0.2) is 23.8 Å². The first kappa shape index (κ1) is 31.7. The number of benzene rings is 3. The van der Waals surface area contributed by atoms with Gasteiger partial charge in [0.15, 0.2) is 0 Å². The molecule has 6 nitrogen and oxygen atoms in total. The Bertz CT molecular complexity index is 1780. The van der Waals surface area contributed by atoms with E-state index in [1.807, 2.05) is 34.3 Å². The highest BCUT2D eigenvalue weighted by Crippen LogP contribution is 2.33. The van der Waals surface area contributed by atoms with Crippen LogP contribution < -0.4 is 5.56 Å². The molecule has 0 saturated heterocycles. The largest absolute Gasteiger partial charge is 0.508 e. The molecule has 0 radical (unpaired) electrons. The summed E-state index contributed by atoms with van der Waals surface area (Å²) >= 11 is 1.20. The Morgan fingerprint density at radius 2 is 1.60 bits per heavy atom. The number of allylic oxidation sites excluding steroid dienone is 6. The Morgan fingerprint density at radius 1 is 0.860 bits per heavy atom. The van der Waals surface area contributed by atoms with Crippen LogP contribution in [0.3, 0.4) is 0 Å². The molecular weight excluding hydrogens is 556 g/mol. The summed E-state index contributed by atoms with van der Waals surface area (Å²) in [6.07, 6.45) is 11.4. The van der Waals surface area contributed by atoms with Crippen LogP contribution in [0.25, 0.3) is 21.1 Å². The van der Waals surface area contributed by atoms with Crippen LogP contribution in [-0.2, 0) is 13.1 Å². The number of aromatic hydroxyl groups is 3. The number of hydrogen-bond acceptors (Lipinski definition) is 5. The molecule has 0 aliphatic carbocycles. The lowest BCUT2D eigenvalue weighted by molar-refractivity contribution is 0.453. The molecule has 0 unspecified atom stereocenters. The minimum absolute atomic E-state index is 0.00730. The molecule has 1 aromatic heterocycles. The molecule has 0 aliphatic heterocycles. The lowest BCUT2D eigenvalue weighted by Gasteiger charge is -2.16. The van der Waals surface area contributed by atoms with Gasteiger partial charge in [0, 0.05) is 18.7 Å². The van der Waals surface area contributed by atoms with Crippen molar-refractivity contribution in [3.05, 3.63) is 112 Å². The zero-order valence-electron chi connectivity index (χ0n) is 25.5. The first-order chi connectivity index (χ1) is 20.7. The van der Waals surface area contributed by atoms with Crippen molar-refractivity contribution in [3.63, 3.8) is 0 Å². The fourth-order valence-electron chi connectivity index (χ4n) is 5.13. The second-order valence-corrected chi connectivity index (χ2v) is 12.2. The second-order valence-electron chi connectivity index (χ2n) is 11.1. The molecule has 0 fully saturated rings. The molecule has 4 aromatic rings. The molecule has 0 bridgehead atoms. The maximum atomic E-state index is 14.1. The van der Waals surface area contributed by atoms with E-state index in [0.717, 1.165) is 37.7 Å². The van der Waals surface area contributed by atoms with E-state index in [0.29, 0.717) is 27.7 Å². The van der Waals surface area contributed by atoms with E-state index in [9.17, 15) is 20.1 Å². The molecule has 0 amide bonds.